The molecule has 1 aromatic rings. The Hall–Kier alpha value is -1.32. The first-order valence-electron chi connectivity index (χ1n) is 7.49. The van der Waals surface area contributed by atoms with Gasteiger partial charge in [-0.1, -0.05) is 24.4 Å². The molecule has 4 heteroatoms. The van der Waals surface area contributed by atoms with Crippen molar-refractivity contribution in [2.45, 2.75) is 57.9 Å². The summed E-state index contributed by atoms with van der Waals surface area (Å²) in [5, 5.41) is 3.95. The Labute approximate surface area is 114 Å². The van der Waals surface area contributed by atoms with Gasteiger partial charge in [0, 0.05) is 18.5 Å². The van der Waals surface area contributed by atoms with Gasteiger partial charge in [0.15, 0.2) is 5.76 Å². The Kier molecular flexibility index (Phi) is 3.58. The molecule has 0 radical (unpaired) electrons. The zero-order chi connectivity index (χ0) is 13.2. The highest BCUT2D eigenvalue weighted by atomic mass is 16.5. The van der Waals surface area contributed by atoms with Gasteiger partial charge in [0.25, 0.3) is 0 Å². The highest BCUT2D eigenvalue weighted by molar-refractivity contribution is 5.79. The van der Waals surface area contributed by atoms with Crippen LogP contribution in [0.5, 0.6) is 0 Å². The van der Waals surface area contributed by atoms with Gasteiger partial charge < -0.3 is 9.42 Å². The third-order valence-electron chi connectivity index (χ3n) is 4.46. The predicted octanol–water partition coefficient (Wildman–Crippen LogP) is 3.23. The summed E-state index contributed by atoms with van der Waals surface area (Å²) in [5.74, 6) is 1.45. The third kappa shape index (κ3) is 2.53. The summed E-state index contributed by atoms with van der Waals surface area (Å²) in [7, 11) is 0. The molecule has 4 nitrogen and oxygen atoms in total. The zero-order valence-electron chi connectivity index (χ0n) is 11.6. The molecule has 1 saturated carbocycles. The monoisotopic (exact) mass is 262 g/mol. The van der Waals surface area contributed by atoms with Crippen LogP contribution in [0.15, 0.2) is 10.6 Å². The van der Waals surface area contributed by atoms with Crippen LogP contribution in [0.1, 0.15) is 62.4 Å². The summed E-state index contributed by atoms with van der Waals surface area (Å²) in [6.07, 6.45) is 7.91. The fourth-order valence-corrected chi connectivity index (χ4v) is 3.45. The lowest BCUT2D eigenvalue weighted by Crippen LogP contribution is -2.36. The van der Waals surface area contributed by atoms with Gasteiger partial charge in [0.2, 0.25) is 5.91 Å². The number of carbonyl (C=O) groups excluding carboxylic acids is 1. The molecule has 1 atom stereocenters. The topological polar surface area (TPSA) is 46.3 Å². The van der Waals surface area contributed by atoms with E-state index in [4.69, 9.17) is 4.52 Å². The molecule has 104 valence electrons. The number of amides is 1. The largest absolute Gasteiger partial charge is 0.359 e. The Balaban J connectivity index is 1.73. The summed E-state index contributed by atoms with van der Waals surface area (Å²) >= 11 is 0. The van der Waals surface area contributed by atoms with Crippen molar-refractivity contribution in [3.63, 3.8) is 0 Å². The normalized spacial score (nSPS) is 24.9. The molecule has 1 amide bonds. The van der Waals surface area contributed by atoms with Gasteiger partial charge in [-0.3, -0.25) is 4.79 Å². The smallest absolute Gasteiger partial charge is 0.226 e. The Bertz CT molecular complexity index is 449. The van der Waals surface area contributed by atoms with E-state index < -0.39 is 0 Å². The number of rotatable bonds is 2. The van der Waals surface area contributed by atoms with Crippen molar-refractivity contribution in [2.75, 3.05) is 6.54 Å². The number of carbonyl (C=O) groups is 1. The first kappa shape index (κ1) is 12.7. The van der Waals surface area contributed by atoms with Crippen LogP contribution in [0.3, 0.4) is 0 Å². The minimum absolute atomic E-state index is 0.121. The van der Waals surface area contributed by atoms with Gasteiger partial charge in [-0.05, 0) is 32.6 Å². The molecule has 2 aliphatic rings. The molecule has 19 heavy (non-hydrogen) atoms. The van der Waals surface area contributed by atoms with E-state index in [2.05, 4.69) is 5.16 Å². The third-order valence-corrected chi connectivity index (χ3v) is 4.46. The quantitative estimate of drug-likeness (QED) is 0.822. The number of hydrogen-bond acceptors (Lipinski definition) is 3. The minimum atomic E-state index is 0.121. The average molecular weight is 262 g/mol. The minimum Gasteiger partial charge on any atom is -0.359 e. The molecule has 2 fully saturated rings. The number of aromatic nitrogens is 1. The molecule has 1 unspecified atom stereocenters. The van der Waals surface area contributed by atoms with E-state index in [1.807, 2.05) is 17.9 Å². The molecular weight excluding hydrogens is 240 g/mol. The fraction of sp³-hybridized carbons (Fsp3) is 0.733. The van der Waals surface area contributed by atoms with Crippen LogP contribution in [0.2, 0.25) is 0 Å². The molecule has 2 heterocycles. The standard InChI is InChI=1S/C15H22N2O2/c1-11-10-14(19-16-11)13-8-5-9-17(13)15(18)12-6-3-2-4-7-12/h10,12-13H,2-9H2,1H3. The van der Waals surface area contributed by atoms with E-state index in [0.29, 0.717) is 5.91 Å². The molecule has 3 rings (SSSR count). The second kappa shape index (κ2) is 5.35. The lowest BCUT2D eigenvalue weighted by atomic mass is 9.88. The van der Waals surface area contributed by atoms with Crippen molar-refractivity contribution >= 4 is 5.91 Å². The highest BCUT2D eigenvalue weighted by Gasteiger charge is 2.36. The predicted molar refractivity (Wildman–Crippen MR) is 71.5 cm³/mol. The molecule has 1 aliphatic carbocycles. The van der Waals surface area contributed by atoms with Gasteiger partial charge in [-0.2, -0.15) is 0 Å². The molecular formula is C15H22N2O2. The summed E-state index contributed by atoms with van der Waals surface area (Å²) < 4.78 is 5.37. The molecule has 0 spiro atoms. The SMILES string of the molecule is Cc1cc(C2CCCN2C(=O)C2CCCCC2)on1. The van der Waals surface area contributed by atoms with E-state index >= 15 is 0 Å². The van der Waals surface area contributed by atoms with Gasteiger partial charge in [0.05, 0.1) is 11.7 Å². The second-order valence-corrected chi connectivity index (χ2v) is 5.90. The average Bonchev–Trinajstić information content (AvgIpc) is 3.07. The molecule has 1 aliphatic heterocycles. The molecule has 1 saturated heterocycles. The van der Waals surface area contributed by atoms with Crippen LogP contribution in [0, 0.1) is 12.8 Å². The van der Waals surface area contributed by atoms with Gasteiger partial charge >= 0.3 is 0 Å². The van der Waals surface area contributed by atoms with Crippen LogP contribution in [0.25, 0.3) is 0 Å². The molecule has 1 aromatic heterocycles. The molecule has 0 N–H and O–H groups in total. The first-order chi connectivity index (χ1) is 9.25. The van der Waals surface area contributed by atoms with Gasteiger partial charge in [-0.25, -0.2) is 0 Å². The van der Waals surface area contributed by atoms with Gasteiger partial charge in [-0.15, -0.1) is 0 Å². The Morgan fingerprint density at radius 3 is 2.74 bits per heavy atom. The summed E-state index contributed by atoms with van der Waals surface area (Å²) in [5.41, 5.74) is 0.895. The Morgan fingerprint density at radius 1 is 1.26 bits per heavy atom. The maximum atomic E-state index is 12.7. The van der Waals surface area contributed by atoms with E-state index in [1.54, 1.807) is 0 Å². The van der Waals surface area contributed by atoms with Crippen LogP contribution >= 0.6 is 0 Å². The van der Waals surface area contributed by atoms with Crippen molar-refractivity contribution in [2.24, 2.45) is 5.92 Å². The Morgan fingerprint density at radius 2 is 2.05 bits per heavy atom. The van der Waals surface area contributed by atoms with Crippen LogP contribution in [0.4, 0.5) is 0 Å². The second-order valence-electron chi connectivity index (χ2n) is 5.90. The van der Waals surface area contributed by atoms with Crippen molar-refractivity contribution in [3.05, 3.63) is 17.5 Å². The van der Waals surface area contributed by atoms with E-state index in [9.17, 15) is 4.79 Å². The van der Waals surface area contributed by atoms with E-state index in [-0.39, 0.29) is 12.0 Å². The van der Waals surface area contributed by atoms with Crippen LogP contribution in [-0.4, -0.2) is 22.5 Å². The van der Waals surface area contributed by atoms with Crippen LogP contribution in [-0.2, 0) is 4.79 Å². The lowest BCUT2D eigenvalue weighted by molar-refractivity contribution is -0.137. The number of likely N-dealkylation sites (tertiary alicyclic amines) is 1. The number of nitrogens with zero attached hydrogens (tertiary/aromatic N) is 2. The first-order valence-corrected chi connectivity index (χ1v) is 7.49. The summed E-state index contributed by atoms with van der Waals surface area (Å²) in [6, 6.07) is 2.09. The molecule has 0 aromatic carbocycles. The van der Waals surface area contributed by atoms with Crippen LogP contribution < -0.4 is 0 Å². The van der Waals surface area contributed by atoms with E-state index in [1.165, 1.54) is 19.3 Å². The summed E-state index contributed by atoms with van der Waals surface area (Å²) in [6.45, 7) is 2.80. The fourth-order valence-electron chi connectivity index (χ4n) is 3.45. The van der Waals surface area contributed by atoms with Gasteiger partial charge in [0.1, 0.15) is 0 Å². The van der Waals surface area contributed by atoms with E-state index in [0.717, 1.165) is 43.7 Å². The molecule has 0 bridgehead atoms. The van der Waals surface area contributed by atoms with Crippen molar-refractivity contribution in [1.82, 2.24) is 10.1 Å². The number of aryl methyl sites for hydroxylation is 1. The van der Waals surface area contributed by atoms with Crippen molar-refractivity contribution in [3.8, 4) is 0 Å². The zero-order valence-corrected chi connectivity index (χ0v) is 11.6. The highest BCUT2D eigenvalue weighted by Crippen LogP contribution is 2.35. The van der Waals surface area contributed by atoms with Crippen molar-refractivity contribution in [1.29, 1.82) is 0 Å². The maximum absolute atomic E-state index is 12.7. The van der Waals surface area contributed by atoms with Crippen molar-refractivity contribution < 1.29 is 9.32 Å². The maximum Gasteiger partial charge on any atom is 0.226 e. The number of hydrogen-bond donors (Lipinski definition) is 0. The summed E-state index contributed by atoms with van der Waals surface area (Å²) in [4.78, 5) is 14.7. The lowest BCUT2D eigenvalue weighted by Gasteiger charge is -2.29.